The summed E-state index contributed by atoms with van der Waals surface area (Å²) >= 11 is 0. The number of hydrogen-bond acceptors (Lipinski definition) is 9. The van der Waals surface area contributed by atoms with Crippen molar-refractivity contribution < 1.29 is 34.4 Å². The number of hydrogen-bond donors (Lipinski definition) is 4. The van der Waals surface area contributed by atoms with Gasteiger partial charge in [-0.2, -0.15) is 0 Å². The number of aryl methyl sites for hydroxylation is 2. The Balaban J connectivity index is 1.90. The predicted octanol–water partition coefficient (Wildman–Crippen LogP) is 1.71. The first-order valence-corrected chi connectivity index (χ1v) is 11.6. The third kappa shape index (κ3) is 6.91. The molecule has 2 aromatic rings. The van der Waals surface area contributed by atoms with E-state index in [-0.39, 0.29) is 6.54 Å². The van der Waals surface area contributed by atoms with Crippen molar-refractivity contribution in [3.8, 4) is 5.75 Å². The number of aliphatic hydroxyl groups excluding tert-OH is 4. The number of nitrogens with zero attached hydrogens (tertiary/aromatic N) is 2. The monoisotopic (exact) mass is 464 g/mol. The SMILES string of the molecule is Cc1noc(C)c1CN1C[C@@H](O)[C@@H](O)[C@@H]([C@H](O)CO)OCCCCCCOc2cccc1c2. The van der Waals surface area contributed by atoms with Crippen LogP contribution in [0.1, 0.15) is 42.7 Å². The Kier molecular flexibility index (Phi) is 9.52. The molecule has 4 N–H and O–H groups in total. The summed E-state index contributed by atoms with van der Waals surface area (Å²) in [5.74, 6) is 1.41. The number of aliphatic hydroxyl groups is 4. The fourth-order valence-electron chi connectivity index (χ4n) is 4.01. The van der Waals surface area contributed by atoms with Crippen LogP contribution >= 0.6 is 0 Å². The normalized spacial score (nSPS) is 24.3. The minimum atomic E-state index is -1.40. The molecule has 1 aromatic carbocycles. The maximum Gasteiger partial charge on any atom is 0.138 e. The molecule has 1 aliphatic heterocycles. The summed E-state index contributed by atoms with van der Waals surface area (Å²) in [5, 5.41) is 45.5. The van der Waals surface area contributed by atoms with E-state index >= 15 is 0 Å². The molecule has 0 spiro atoms. The molecule has 0 saturated heterocycles. The maximum atomic E-state index is 10.9. The van der Waals surface area contributed by atoms with Crippen LogP contribution < -0.4 is 9.64 Å². The number of anilines is 1. The summed E-state index contributed by atoms with van der Waals surface area (Å²) < 4.78 is 16.9. The highest BCUT2D eigenvalue weighted by Crippen LogP contribution is 2.26. The highest BCUT2D eigenvalue weighted by atomic mass is 16.5. The number of aromatic nitrogens is 1. The lowest BCUT2D eigenvalue weighted by Gasteiger charge is -2.34. The van der Waals surface area contributed by atoms with Crippen molar-refractivity contribution in [2.45, 2.75) is 70.5 Å². The van der Waals surface area contributed by atoms with Crippen LogP contribution in [0.15, 0.2) is 28.8 Å². The van der Waals surface area contributed by atoms with Crippen molar-refractivity contribution in [3.05, 3.63) is 41.3 Å². The Labute approximate surface area is 194 Å². The Hall–Kier alpha value is -2.17. The first-order chi connectivity index (χ1) is 15.9. The van der Waals surface area contributed by atoms with E-state index < -0.39 is 31.0 Å². The molecule has 0 radical (unpaired) electrons. The number of rotatable bonds is 4. The van der Waals surface area contributed by atoms with Crippen molar-refractivity contribution in [1.29, 1.82) is 0 Å². The predicted molar refractivity (Wildman–Crippen MR) is 122 cm³/mol. The highest BCUT2D eigenvalue weighted by Gasteiger charge is 2.34. The summed E-state index contributed by atoms with van der Waals surface area (Å²) in [7, 11) is 0. The van der Waals surface area contributed by atoms with Gasteiger partial charge in [0, 0.05) is 37.0 Å². The van der Waals surface area contributed by atoms with Gasteiger partial charge in [-0.3, -0.25) is 0 Å². The maximum absolute atomic E-state index is 10.9. The summed E-state index contributed by atoms with van der Waals surface area (Å²) in [6.45, 7) is 4.47. The second-order valence-electron chi connectivity index (χ2n) is 8.59. The zero-order valence-electron chi connectivity index (χ0n) is 19.4. The zero-order valence-corrected chi connectivity index (χ0v) is 19.4. The van der Waals surface area contributed by atoms with Crippen molar-refractivity contribution in [1.82, 2.24) is 5.16 Å². The van der Waals surface area contributed by atoms with Crippen LogP contribution in [-0.2, 0) is 11.3 Å². The first kappa shape index (κ1) is 25.5. The van der Waals surface area contributed by atoms with Crippen LogP contribution in [0.4, 0.5) is 5.69 Å². The molecule has 0 unspecified atom stereocenters. The molecule has 0 aliphatic carbocycles. The average Bonchev–Trinajstić information content (AvgIpc) is 3.13. The second-order valence-corrected chi connectivity index (χ2v) is 8.59. The van der Waals surface area contributed by atoms with Gasteiger partial charge in [-0.1, -0.05) is 17.6 Å². The van der Waals surface area contributed by atoms with Crippen LogP contribution in [0.3, 0.4) is 0 Å². The number of ether oxygens (including phenoxy) is 2. The molecular formula is C24H36N2O7. The van der Waals surface area contributed by atoms with Gasteiger partial charge in [0.25, 0.3) is 0 Å². The van der Waals surface area contributed by atoms with Crippen molar-refractivity contribution in [3.63, 3.8) is 0 Å². The van der Waals surface area contributed by atoms with E-state index in [1.807, 2.05) is 43.0 Å². The molecule has 2 bridgehead atoms. The third-order valence-corrected chi connectivity index (χ3v) is 6.04. The van der Waals surface area contributed by atoms with E-state index in [1.165, 1.54) is 0 Å². The van der Waals surface area contributed by atoms with Crippen molar-refractivity contribution >= 4 is 5.69 Å². The Morgan fingerprint density at radius 2 is 1.88 bits per heavy atom. The van der Waals surface area contributed by atoms with E-state index in [0.29, 0.717) is 25.5 Å². The fraction of sp³-hybridized carbons (Fsp3) is 0.625. The highest BCUT2D eigenvalue weighted by molar-refractivity contribution is 5.51. The van der Waals surface area contributed by atoms with Gasteiger partial charge in [0.1, 0.15) is 29.8 Å². The molecule has 0 saturated carbocycles. The lowest BCUT2D eigenvalue weighted by Crippen LogP contribution is -2.51. The molecule has 33 heavy (non-hydrogen) atoms. The minimum Gasteiger partial charge on any atom is -0.494 e. The number of β-amino-alcohol motifs (C(OH)–C–C–N with tert-alkyl or cyclic N) is 1. The molecule has 1 aromatic heterocycles. The Morgan fingerprint density at radius 1 is 1.12 bits per heavy atom. The summed E-state index contributed by atoms with van der Waals surface area (Å²) in [5.41, 5.74) is 2.44. The van der Waals surface area contributed by atoms with Crippen molar-refractivity contribution in [2.24, 2.45) is 0 Å². The summed E-state index contributed by atoms with van der Waals surface area (Å²) in [6, 6.07) is 7.59. The average molecular weight is 465 g/mol. The summed E-state index contributed by atoms with van der Waals surface area (Å²) in [4.78, 5) is 1.90. The minimum absolute atomic E-state index is 0.0483. The quantitative estimate of drug-likeness (QED) is 0.534. The topological polar surface area (TPSA) is 129 Å². The first-order valence-electron chi connectivity index (χ1n) is 11.6. The third-order valence-electron chi connectivity index (χ3n) is 6.04. The van der Waals surface area contributed by atoms with Crippen LogP contribution in [0, 0.1) is 13.8 Å². The van der Waals surface area contributed by atoms with E-state index in [4.69, 9.17) is 14.0 Å². The second kappa shape index (κ2) is 12.3. The van der Waals surface area contributed by atoms with E-state index in [0.717, 1.165) is 48.4 Å². The molecule has 4 atom stereocenters. The van der Waals surface area contributed by atoms with Gasteiger partial charge in [0.05, 0.1) is 25.0 Å². The molecule has 2 heterocycles. The van der Waals surface area contributed by atoms with Gasteiger partial charge in [0.2, 0.25) is 0 Å². The Bertz CT molecular complexity index is 840. The van der Waals surface area contributed by atoms with Crippen LogP contribution in [0.5, 0.6) is 5.75 Å². The molecular weight excluding hydrogens is 428 g/mol. The van der Waals surface area contributed by atoms with Gasteiger partial charge in [-0.05, 0) is 45.2 Å². The van der Waals surface area contributed by atoms with Gasteiger partial charge in [0.15, 0.2) is 0 Å². The van der Waals surface area contributed by atoms with Gasteiger partial charge < -0.3 is 39.3 Å². The van der Waals surface area contributed by atoms with Crippen LogP contribution in [-0.4, -0.2) is 76.4 Å². The van der Waals surface area contributed by atoms with Gasteiger partial charge in [-0.15, -0.1) is 0 Å². The van der Waals surface area contributed by atoms with E-state index in [9.17, 15) is 20.4 Å². The lowest BCUT2D eigenvalue weighted by molar-refractivity contribution is -0.141. The molecule has 3 rings (SSSR count). The lowest BCUT2D eigenvalue weighted by atomic mass is 10.0. The molecule has 0 amide bonds. The number of fused-ring (bicyclic) bond motifs is 2. The van der Waals surface area contributed by atoms with E-state index in [1.54, 1.807) is 0 Å². The van der Waals surface area contributed by atoms with E-state index in [2.05, 4.69) is 5.16 Å². The molecule has 9 heteroatoms. The zero-order chi connectivity index (χ0) is 23.8. The summed E-state index contributed by atoms with van der Waals surface area (Å²) in [6.07, 6.45) is -1.55. The standard InChI is InChI=1S/C24H36N2O7/c1-16-20(17(2)33-25-16)13-26-14-21(28)23(30)24(22(29)15-27)32-11-6-4-3-5-10-31-19-9-7-8-18(26)12-19/h7-9,12,21-24,27-30H,3-6,10-11,13-15H2,1-2H3/t21-,22-,23-,24-/m1/s1. The Morgan fingerprint density at radius 3 is 2.58 bits per heavy atom. The number of benzene rings is 1. The molecule has 0 fully saturated rings. The smallest absolute Gasteiger partial charge is 0.138 e. The van der Waals surface area contributed by atoms with Crippen LogP contribution in [0.2, 0.25) is 0 Å². The van der Waals surface area contributed by atoms with Gasteiger partial charge >= 0.3 is 0 Å². The fourth-order valence-corrected chi connectivity index (χ4v) is 4.01. The molecule has 9 nitrogen and oxygen atoms in total. The molecule has 1 aliphatic rings. The van der Waals surface area contributed by atoms with Crippen molar-refractivity contribution in [2.75, 3.05) is 31.3 Å². The largest absolute Gasteiger partial charge is 0.494 e. The van der Waals surface area contributed by atoms with Crippen LogP contribution in [0.25, 0.3) is 0 Å². The molecule has 184 valence electrons. The van der Waals surface area contributed by atoms with Gasteiger partial charge in [-0.25, -0.2) is 0 Å².